The monoisotopic (exact) mass is 425 g/mol. The van der Waals surface area contributed by atoms with Gasteiger partial charge in [0, 0.05) is 32.1 Å². The van der Waals surface area contributed by atoms with Gasteiger partial charge in [-0.3, -0.25) is 9.59 Å². The molecule has 31 heavy (non-hydrogen) atoms. The maximum atomic E-state index is 13.1. The van der Waals surface area contributed by atoms with Gasteiger partial charge in [-0.05, 0) is 31.7 Å². The summed E-state index contributed by atoms with van der Waals surface area (Å²) in [6.07, 6.45) is 2.37. The highest BCUT2D eigenvalue weighted by atomic mass is 16.5. The third-order valence-corrected chi connectivity index (χ3v) is 6.38. The molecule has 2 amide bonds. The van der Waals surface area contributed by atoms with Gasteiger partial charge in [0.2, 0.25) is 5.91 Å². The largest absolute Gasteiger partial charge is 0.445 e. The van der Waals surface area contributed by atoms with E-state index in [2.05, 4.69) is 11.9 Å². The van der Waals surface area contributed by atoms with E-state index in [9.17, 15) is 9.59 Å². The number of carbonyl (C=O) groups excluding carboxylic acids is 2. The van der Waals surface area contributed by atoms with Crippen LogP contribution < -0.4 is 0 Å². The van der Waals surface area contributed by atoms with Crippen LogP contribution in [0, 0.1) is 6.92 Å². The Balaban J connectivity index is 1.38. The summed E-state index contributed by atoms with van der Waals surface area (Å²) in [5.74, 6) is 1.33. The van der Waals surface area contributed by atoms with Crippen LogP contribution in [0.2, 0.25) is 0 Å². The number of morpholine rings is 1. The Kier molecular flexibility index (Phi) is 6.70. The summed E-state index contributed by atoms with van der Waals surface area (Å²) < 4.78 is 11.2. The third kappa shape index (κ3) is 4.66. The van der Waals surface area contributed by atoms with Gasteiger partial charge in [0.05, 0.1) is 19.1 Å². The molecule has 0 aliphatic carbocycles. The number of nitrogens with zero attached hydrogens (tertiary/aromatic N) is 3. The molecular formula is C24H31N3O4. The second-order valence-electron chi connectivity index (χ2n) is 8.33. The van der Waals surface area contributed by atoms with E-state index in [1.165, 1.54) is 0 Å². The van der Waals surface area contributed by atoms with E-state index in [0.717, 1.165) is 24.8 Å². The number of carbonyl (C=O) groups is 2. The molecule has 166 valence electrons. The van der Waals surface area contributed by atoms with Gasteiger partial charge in [-0.15, -0.1) is 0 Å². The second-order valence-corrected chi connectivity index (χ2v) is 8.33. The fourth-order valence-corrected chi connectivity index (χ4v) is 4.51. The number of oxazole rings is 1. The van der Waals surface area contributed by atoms with Crippen molar-refractivity contribution >= 4 is 11.8 Å². The highest BCUT2D eigenvalue weighted by Crippen LogP contribution is 2.31. The van der Waals surface area contributed by atoms with Crippen molar-refractivity contribution in [1.82, 2.24) is 14.8 Å². The molecule has 0 bridgehead atoms. The molecule has 3 heterocycles. The summed E-state index contributed by atoms with van der Waals surface area (Å²) in [5, 5.41) is 0. The minimum Gasteiger partial charge on any atom is -0.445 e. The molecule has 0 spiro atoms. The average Bonchev–Trinajstić information content (AvgIpc) is 3.22. The lowest BCUT2D eigenvalue weighted by molar-refractivity contribution is -0.134. The molecule has 1 atom stereocenters. The maximum Gasteiger partial charge on any atom is 0.276 e. The highest BCUT2D eigenvalue weighted by Gasteiger charge is 2.32. The Morgan fingerprint density at radius 1 is 1.06 bits per heavy atom. The smallest absolute Gasteiger partial charge is 0.276 e. The van der Waals surface area contributed by atoms with Gasteiger partial charge in [0.15, 0.2) is 11.6 Å². The highest BCUT2D eigenvalue weighted by molar-refractivity contribution is 5.93. The van der Waals surface area contributed by atoms with Gasteiger partial charge in [-0.2, -0.15) is 0 Å². The van der Waals surface area contributed by atoms with E-state index in [4.69, 9.17) is 9.15 Å². The number of benzene rings is 1. The quantitative estimate of drug-likeness (QED) is 0.734. The Morgan fingerprint density at radius 3 is 2.39 bits per heavy atom. The zero-order valence-electron chi connectivity index (χ0n) is 18.4. The van der Waals surface area contributed by atoms with Crippen LogP contribution >= 0.6 is 0 Å². The van der Waals surface area contributed by atoms with Crippen molar-refractivity contribution < 1.29 is 18.7 Å². The van der Waals surface area contributed by atoms with Crippen LogP contribution in [-0.4, -0.2) is 66.0 Å². The number of amides is 2. The zero-order chi connectivity index (χ0) is 21.8. The van der Waals surface area contributed by atoms with Gasteiger partial charge < -0.3 is 19.0 Å². The lowest BCUT2D eigenvalue weighted by Gasteiger charge is -2.33. The van der Waals surface area contributed by atoms with E-state index in [1.807, 2.05) is 35.2 Å². The maximum absolute atomic E-state index is 13.1. The molecule has 0 N–H and O–H groups in total. The molecule has 1 aromatic heterocycles. The Morgan fingerprint density at radius 2 is 1.74 bits per heavy atom. The van der Waals surface area contributed by atoms with E-state index in [0.29, 0.717) is 56.7 Å². The first kappa shape index (κ1) is 21.6. The summed E-state index contributed by atoms with van der Waals surface area (Å²) in [4.78, 5) is 34.2. The van der Waals surface area contributed by atoms with Crippen molar-refractivity contribution in [3.63, 3.8) is 0 Å². The number of aromatic nitrogens is 1. The summed E-state index contributed by atoms with van der Waals surface area (Å²) in [5.41, 5.74) is 1.48. The molecule has 0 unspecified atom stereocenters. The van der Waals surface area contributed by atoms with E-state index in [1.54, 1.807) is 11.8 Å². The topological polar surface area (TPSA) is 75.9 Å². The number of likely N-dealkylation sites (tertiary alicyclic amines) is 1. The standard InChI is InChI=1S/C24H31N3O4/c1-3-20(18-7-5-4-6-8-18)23(28)26-11-9-19(10-12-26)22-25-21(17(2)31-22)24(29)27-13-15-30-16-14-27/h4-8,19-20H,3,9-16H2,1-2H3/t20-/m0/s1. The molecule has 2 fully saturated rings. The molecule has 1 aromatic carbocycles. The summed E-state index contributed by atoms with van der Waals surface area (Å²) in [7, 11) is 0. The molecule has 7 nitrogen and oxygen atoms in total. The number of hydrogen-bond donors (Lipinski definition) is 0. The first-order valence-corrected chi connectivity index (χ1v) is 11.3. The number of hydrogen-bond acceptors (Lipinski definition) is 5. The molecule has 0 radical (unpaired) electrons. The minimum absolute atomic E-state index is 0.0861. The van der Waals surface area contributed by atoms with Crippen molar-refractivity contribution in [3.05, 3.63) is 53.2 Å². The number of rotatable bonds is 5. The van der Waals surface area contributed by atoms with E-state index >= 15 is 0 Å². The van der Waals surface area contributed by atoms with Crippen LogP contribution in [0.25, 0.3) is 0 Å². The Bertz CT molecular complexity index is 897. The average molecular weight is 426 g/mol. The van der Waals surface area contributed by atoms with Crippen molar-refractivity contribution in [1.29, 1.82) is 0 Å². The fraction of sp³-hybridized carbons (Fsp3) is 0.542. The molecule has 2 aromatic rings. The molecule has 2 aliphatic rings. The molecule has 2 saturated heterocycles. The normalized spacial score (nSPS) is 18.8. The number of piperidine rings is 1. The summed E-state index contributed by atoms with van der Waals surface area (Å²) in [6, 6.07) is 10.0. The van der Waals surface area contributed by atoms with Gasteiger partial charge in [0.1, 0.15) is 5.76 Å². The predicted molar refractivity (Wildman–Crippen MR) is 116 cm³/mol. The second kappa shape index (κ2) is 9.64. The summed E-state index contributed by atoms with van der Waals surface area (Å²) >= 11 is 0. The molecular weight excluding hydrogens is 394 g/mol. The molecule has 7 heteroatoms. The predicted octanol–water partition coefficient (Wildman–Crippen LogP) is 3.36. The lowest BCUT2D eigenvalue weighted by atomic mass is 9.92. The third-order valence-electron chi connectivity index (χ3n) is 6.38. The van der Waals surface area contributed by atoms with Crippen LogP contribution in [-0.2, 0) is 9.53 Å². The number of ether oxygens (including phenoxy) is 1. The van der Waals surface area contributed by atoms with Gasteiger partial charge in [0.25, 0.3) is 5.91 Å². The first-order chi connectivity index (χ1) is 15.1. The number of aryl methyl sites for hydroxylation is 1. The molecule has 0 saturated carbocycles. The van der Waals surface area contributed by atoms with Crippen molar-refractivity contribution in [2.75, 3.05) is 39.4 Å². The van der Waals surface area contributed by atoms with E-state index in [-0.39, 0.29) is 23.7 Å². The molecule has 4 rings (SSSR count). The zero-order valence-corrected chi connectivity index (χ0v) is 18.4. The van der Waals surface area contributed by atoms with E-state index < -0.39 is 0 Å². The minimum atomic E-state index is -0.0977. The van der Waals surface area contributed by atoms with Crippen molar-refractivity contribution in [2.24, 2.45) is 0 Å². The molecule has 2 aliphatic heterocycles. The van der Waals surface area contributed by atoms with Crippen LogP contribution in [0.15, 0.2) is 34.7 Å². The van der Waals surface area contributed by atoms with Gasteiger partial charge in [-0.25, -0.2) is 4.98 Å². The lowest BCUT2D eigenvalue weighted by Crippen LogP contribution is -2.41. The van der Waals surface area contributed by atoms with Crippen LogP contribution in [0.4, 0.5) is 0 Å². The van der Waals surface area contributed by atoms with Crippen LogP contribution in [0.5, 0.6) is 0 Å². The van der Waals surface area contributed by atoms with Crippen molar-refractivity contribution in [3.8, 4) is 0 Å². The van der Waals surface area contributed by atoms with Gasteiger partial charge >= 0.3 is 0 Å². The SMILES string of the molecule is CC[C@H](C(=O)N1CCC(c2nc(C(=O)N3CCOCC3)c(C)o2)CC1)c1ccccc1. The summed E-state index contributed by atoms with van der Waals surface area (Å²) in [6.45, 7) is 7.51. The van der Waals surface area contributed by atoms with Gasteiger partial charge in [-0.1, -0.05) is 37.3 Å². The van der Waals surface area contributed by atoms with Crippen LogP contribution in [0.1, 0.15) is 65.7 Å². The fourth-order valence-electron chi connectivity index (χ4n) is 4.51. The first-order valence-electron chi connectivity index (χ1n) is 11.3. The Hall–Kier alpha value is -2.67. The van der Waals surface area contributed by atoms with Crippen LogP contribution in [0.3, 0.4) is 0 Å². The van der Waals surface area contributed by atoms with Crippen molar-refractivity contribution in [2.45, 2.75) is 44.9 Å². The Labute approximate surface area is 183 Å².